The molecule has 0 saturated heterocycles. The number of hydrogen-bond acceptors (Lipinski definition) is 2. The van der Waals surface area contributed by atoms with Gasteiger partial charge in [-0.15, -0.1) is 0 Å². The molecule has 1 aromatic heterocycles. The first kappa shape index (κ1) is 12.9. The van der Waals surface area contributed by atoms with Gasteiger partial charge in [0.2, 0.25) is 0 Å². The maximum absolute atomic E-state index is 4.85. The Labute approximate surface area is 109 Å². The molecule has 2 nitrogen and oxygen atoms in total. The monoisotopic (exact) mass is 242 g/mol. The number of para-hydroxylation sites is 1. The Kier molecular flexibility index (Phi) is 3.85. The molecular formula is C16H22N2. The highest BCUT2D eigenvalue weighted by molar-refractivity contribution is 5.84. The molecule has 0 bridgehead atoms. The van der Waals surface area contributed by atoms with Crippen LogP contribution in [0.25, 0.3) is 10.9 Å². The summed E-state index contributed by atoms with van der Waals surface area (Å²) < 4.78 is 0. The second-order valence-electron chi connectivity index (χ2n) is 4.95. The molecule has 2 aromatic rings. The third-order valence-electron chi connectivity index (χ3n) is 3.31. The van der Waals surface area contributed by atoms with E-state index in [2.05, 4.69) is 57.3 Å². The van der Waals surface area contributed by atoms with Crippen LogP contribution in [0.4, 0.5) is 5.82 Å². The van der Waals surface area contributed by atoms with Gasteiger partial charge in [0.1, 0.15) is 5.82 Å². The fourth-order valence-electron chi connectivity index (χ4n) is 2.31. The zero-order chi connectivity index (χ0) is 13.1. The van der Waals surface area contributed by atoms with Crippen molar-refractivity contribution in [2.75, 3.05) is 11.9 Å². The van der Waals surface area contributed by atoms with Crippen molar-refractivity contribution in [3.63, 3.8) is 0 Å². The lowest BCUT2D eigenvalue weighted by Gasteiger charge is -2.15. The van der Waals surface area contributed by atoms with E-state index in [0.717, 1.165) is 24.3 Å². The van der Waals surface area contributed by atoms with Gasteiger partial charge < -0.3 is 5.32 Å². The number of benzene rings is 1. The van der Waals surface area contributed by atoms with E-state index in [9.17, 15) is 0 Å². The van der Waals surface area contributed by atoms with Crippen molar-refractivity contribution in [3.05, 3.63) is 35.4 Å². The zero-order valence-electron chi connectivity index (χ0n) is 11.7. The average molecular weight is 242 g/mol. The van der Waals surface area contributed by atoms with Gasteiger partial charge in [-0.2, -0.15) is 0 Å². The number of pyridine rings is 1. The van der Waals surface area contributed by atoms with Gasteiger partial charge in [0.15, 0.2) is 0 Å². The van der Waals surface area contributed by atoms with Gasteiger partial charge in [0.25, 0.3) is 0 Å². The molecule has 2 rings (SSSR count). The van der Waals surface area contributed by atoms with E-state index >= 15 is 0 Å². The molecule has 1 N–H and O–H groups in total. The minimum absolute atomic E-state index is 0.487. The molecule has 0 radical (unpaired) electrons. The molecule has 0 aliphatic carbocycles. The fourth-order valence-corrected chi connectivity index (χ4v) is 2.31. The average Bonchev–Trinajstić information content (AvgIpc) is 2.37. The highest BCUT2D eigenvalue weighted by atomic mass is 15.0. The van der Waals surface area contributed by atoms with Crippen molar-refractivity contribution in [1.82, 2.24) is 4.98 Å². The zero-order valence-corrected chi connectivity index (χ0v) is 11.7. The molecule has 0 unspecified atom stereocenters. The number of aromatic nitrogens is 1. The number of anilines is 1. The number of fused-ring (bicyclic) bond motifs is 1. The van der Waals surface area contributed by atoms with Crippen molar-refractivity contribution < 1.29 is 0 Å². The lowest BCUT2D eigenvalue weighted by atomic mass is 9.99. The molecule has 1 heterocycles. The summed E-state index contributed by atoms with van der Waals surface area (Å²) in [6.45, 7) is 9.63. The van der Waals surface area contributed by atoms with Gasteiger partial charge >= 0.3 is 0 Å². The molecule has 2 heteroatoms. The topological polar surface area (TPSA) is 24.9 Å². The van der Waals surface area contributed by atoms with Gasteiger partial charge in [-0.05, 0) is 36.5 Å². The van der Waals surface area contributed by atoms with Crippen molar-refractivity contribution in [1.29, 1.82) is 0 Å². The predicted molar refractivity (Wildman–Crippen MR) is 79.4 cm³/mol. The first-order valence-corrected chi connectivity index (χ1v) is 6.83. The highest BCUT2D eigenvalue weighted by Gasteiger charge is 2.11. The SMILES string of the molecule is CCNc1nc2c(CC)cccc2cc1C(C)C. The number of rotatable bonds is 4. The van der Waals surface area contributed by atoms with E-state index in [-0.39, 0.29) is 0 Å². The minimum Gasteiger partial charge on any atom is -0.370 e. The van der Waals surface area contributed by atoms with Gasteiger partial charge in [-0.3, -0.25) is 0 Å². The quantitative estimate of drug-likeness (QED) is 0.862. The second kappa shape index (κ2) is 5.38. The first-order chi connectivity index (χ1) is 8.67. The van der Waals surface area contributed by atoms with Gasteiger partial charge in [-0.25, -0.2) is 4.98 Å². The molecule has 0 atom stereocenters. The first-order valence-electron chi connectivity index (χ1n) is 6.83. The smallest absolute Gasteiger partial charge is 0.130 e. The summed E-state index contributed by atoms with van der Waals surface area (Å²) in [5, 5.41) is 4.64. The van der Waals surface area contributed by atoms with Crippen LogP contribution in [0, 0.1) is 0 Å². The van der Waals surface area contributed by atoms with Gasteiger partial charge in [0.05, 0.1) is 5.52 Å². The normalized spacial score (nSPS) is 11.2. The van der Waals surface area contributed by atoms with Gasteiger partial charge in [0, 0.05) is 11.9 Å². The standard InChI is InChI=1S/C16H22N2/c1-5-12-8-7-9-13-10-14(11(3)4)16(17-6-2)18-15(12)13/h7-11H,5-6H2,1-4H3,(H,17,18). The number of aryl methyl sites for hydroxylation is 1. The summed E-state index contributed by atoms with van der Waals surface area (Å²) in [4.78, 5) is 4.85. The van der Waals surface area contributed by atoms with Crippen LogP contribution in [-0.4, -0.2) is 11.5 Å². The van der Waals surface area contributed by atoms with Crippen molar-refractivity contribution in [3.8, 4) is 0 Å². The third-order valence-corrected chi connectivity index (χ3v) is 3.31. The minimum atomic E-state index is 0.487. The van der Waals surface area contributed by atoms with E-state index in [1.165, 1.54) is 16.5 Å². The Morgan fingerprint density at radius 1 is 1.22 bits per heavy atom. The van der Waals surface area contributed by atoms with Crippen LogP contribution < -0.4 is 5.32 Å². The Morgan fingerprint density at radius 3 is 2.61 bits per heavy atom. The van der Waals surface area contributed by atoms with Gasteiger partial charge in [-0.1, -0.05) is 39.0 Å². The largest absolute Gasteiger partial charge is 0.370 e. The summed E-state index contributed by atoms with van der Waals surface area (Å²) in [7, 11) is 0. The summed E-state index contributed by atoms with van der Waals surface area (Å²) in [5.74, 6) is 1.53. The number of nitrogens with zero attached hydrogens (tertiary/aromatic N) is 1. The summed E-state index contributed by atoms with van der Waals surface area (Å²) in [5.41, 5.74) is 3.76. The van der Waals surface area contributed by atoms with E-state index in [4.69, 9.17) is 4.98 Å². The second-order valence-corrected chi connectivity index (χ2v) is 4.95. The number of nitrogens with one attached hydrogen (secondary N) is 1. The van der Waals surface area contributed by atoms with E-state index < -0.39 is 0 Å². The molecule has 0 aliphatic rings. The molecule has 18 heavy (non-hydrogen) atoms. The van der Waals surface area contributed by atoms with Crippen LogP contribution in [0.15, 0.2) is 24.3 Å². The Hall–Kier alpha value is -1.57. The van der Waals surface area contributed by atoms with E-state index in [1.807, 2.05) is 0 Å². The molecule has 96 valence electrons. The summed E-state index contributed by atoms with van der Waals surface area (Å²) >= 11 is 0. The maximum Gasteiger partial charge on any atom is 0.130 e. The number of hydrogen-bond donors (Lipinski definition) is 1. The molecule has 0 fully saturated rings. The molecular weight excluding hydrogens is 220 g/mol. The fraction of sp³-hybridized carbons (Fsp3) is 0.438. The Morgan fingerprint density at radius 2 is 2.00 bits per heavy atom. The summed E-state index contributed by atoms with van der Waals surface area (Å²) in [6, 6.07) is 8.73. The van der Waals surface area contributed by atoms with Crippen LogP contribution in [0.1, 0.15) is 44.7 Å². The van der Waals surface area contributed by atoms with Crippen LogP contribution in [-0.2, 0) is 6.42 Å². The maximum atomic E-state index is 4.85. The van der Waals surface area contributed by atoms with Crippen molar-refractivity contribution in [2.24, 2.45) is 0 Å². The Bertz CT molecular complexity index is 544. The predicted octanol–water partition coefficient (Wildman–Crippen LogP) is 4.35. The molecule has 0 amide bonds. The lowest BCUT2D eigenvalue weighted by molar-refractivity contribution is 0.861. The molecule has 0 aliphatic heterocycles. The Balaban J connectivity index is 2.68. The highest BCUT2D eigenvalue weighted by Crippen LogP contribution is 2.28. The van der Waals surface area contributed by atoms with Crippen molar-refractivity contribution >= 4 is 16.7 Å². The van der Waals surface area contributed by atoms with Crippen LogP contribution >= 0.6 is 0 Å². The summed E-state index contributed by atoms with van der Waals surface area (Å²) in [6.07, 6.45) is 1.02. The van der Waals surface area contributed by atoms with Crippen LogP contribution in [0.3, 0.4) is 0 Å². The molecule has 0 saturated carbocycles. The molecule has 0 spiro atoms. The van der Waals surface area contributed by atoms with Crippen LogP contribution in [0.2, 0.25) is 0 Å². The van der Waals surface area contributed by atoms with E-state index in [1.54, 1.807) is 0 Å². The molecule has 1 aromatic carbocycles. The van der Waals surface area contributed by atoms with Crippen LogP contribution in [0.5, 0.6) is 0 Å². The third kappa shape index (κ3) is 2.33. The lowest BCUT2D eigenvalue weighted by Crippen LogP contribution is -2.05. The van der Waals surface area contributed by atoms with Crippen molar-refractivity contribution in [2.45, 2.75) is 40.0 Å². The van der Waals surface area contributed by atoms with E-state index in [0.29, 0.717) is 5.92 Å².